The van der Waals surface area contributed by atoms with Crippen molar-refractivity contribution in [1.82, 2.24) is 4.90 Å². The number of carbonyl (C=O) groups is 5. The molecule has 1 aliphatic heterocycles. The zero-order chi connectivity index (χ0) is 45.6. The summed E-state index contributed by atoms with van der Waals surface area (Å²) in [6.07, 6.45) is 27.8. The zero-order valence-corrected chi connectivity index (χ0v) is 39.8. The Hall–Kier alpha value is -3.31. The molecule has 2 unspecified atom stereocenters. The molecule has 12 nitrogen and oxygen atoms in total. The second-order valence-electron chi connectivity index (χ2n) is 17.6. The largest absolute Gasteiger partial charge is 0.498 e. The molecule has 2 rings (SSSR count). The van der Waals surface area contributed by atoms with Gasteiger partial charge in [-0.1, -0.05) is 111 Å². The maximum absolute atomic E-state index is 12.1. The first-order valence-corrected chi connectivity index (χ1v) is 24.2. The number of ether oxygens (including phenoxy) is 5. The van der Waals surface area contributed by atoms with Gasteiger partial charge >= 0.3 is 24.0 Å². The summed E-state index contributed by atoms with van der Waals surface area (Å²) >= 11 is 0. The van der Waals surface area contributed by atoms with Gasteiger partial charge in [-0.25, -0.2) is 4.79 Å². The van der Waals surface area contributed by atoms with E-state index < -0.39 is 11.6 Å². The number of rotatable bonds is 32. The summed E-state index contributed by atoms with van der Waals surface area (Å²) in [7, 11) is 0. The highest BCUT2D eigenvalue weighted by Crippen LogP contribution is 2.33. The van der Waals surface area contributed by atoms with Gasteiger partial charge in [0.15, 0.2) is 0 Å². The molecule has 61 heavy (non-hydrogen) atoms. The van der Waals surface area contributed by atoms with E-state index >= 15 is 0 Å². The van der Waals surface area contributed by atoms with Crippen LogP contribution in [0.1, 0.15) is 222 Å². The second kappa shape index (κ2) is 38.4. The molecule has 0 aromatic rings. The van der Waals surface area contributed by atoms with Crippen molar-refractivity contribution in [1.29, 1.82) is 0 Å². The molecule has 1 heterocycles. The normalized spacial score (nSPS) is 14.9. The summed E-state index contributed by atoms with van der Waals surface area (Å²) < 4.78 is 26.7. The summed E-state index contributed by atoms with van der Waals surface area (Å²) in [5.41, 5.74) is 1.02. The lowest BCUT2D eigenvalue weighted by Gasteiger charge is -2.28. The van der Waals surface area contributed by atoms with Crippen LogP contribution in [0.3, 0.4) is 0 Å². The van der Waals surface area contributed by atoms with Crippen LogP contribution in [-0.4, -0.2) is 85.1 Å². The molecule has 0 bridgehead atoms. The van der Waals surface area contributed by atoms with Gasteiger partial charge < -0.3 is 33.7 Å². The minimum atomic E-state index is -0.853. The number of unbranched alkanes of at least 4 members (excludes halogenated alkanes) is 13. The highest BCUT2D eigenvalue weighted by molar-refractivity contribution is 5.70. The van der Waals surface area contributed by atoms with Crippen molar-refractivity contribution in [3.8, 4) is 0 Å². The molecule has 1 saturated carbocycles. The summed E-state index contributed by atoms with van der Waals surface area (Å²) in [6.45, 7) is 17.2. The van der Waals surface area contributed by atoms with E-state index in [4.69, 9.17) is 28.8 Å². The summed E-state index contributed by atoms with van der Waals surface area (Å²) in [5.74, 6) is 0.514. The molecule has 1 amide bonds. The van der Waals surface area contributed by atoms with Crippen LogP contribution in [0, 0.1) is 5.92 Å². The van der Waals surface area contributed by atoms with Crippen molar-refractivity contribution in [3.63, 3.8) is 0 Å². The lowest BCUT2D eigenvalue weighted by atomic mass is 9.88. The van der Waals surface area contributed by atoms with Crippen LogP contribution in [-0.2, 0) is 42.9 Å². The molecule has 2 fully saturated rings. The quantitative estimate of drug-likeness (QED) is 0.0226. The second-order valence-corrected chi connectivity index (χ2v) is 17.6. The highest BCUT2D eigenvalue weighted by atomic mass is 16.6. The molecule has 0 aromatic carbocycles. The van der Waals surface area contributed by atoms with Crippen LogP contribution in [0.25, 0.3) is 0 Å². The number of nitrogens with zero attached hydrogens (tertiary/aromatic N) is 1. The minimum absolute atomic E-state index is 0.0187. The number of likely N-dealkylation sites (tertiary alicyclic amines) is 1. The maximum Gasteiger partial charge on any atom is 0.410 e. The van der Waals surface area contributed by atoms with E-state index in [1.807, 2.05) is 20.8 Å². The van der Waals surface area contributed by atoms with Crippen molar-refractivity contribution < 1.29 is 52.8 Å². The van der Waals surface area contributed by atoms with Gasteiger partial charge in [0.2, 0.25) is 0 Å². The fourth-order valence-electron chi connectivity index (χ4n) is 6.83. The number of hydrogen-bond acceptors (Lipinski definition) is 10. The molecule has 1 saturated heterocycles. The van der Waals surface area contributed by atoms with E-state index in [2.05, 4.69) is 27.7 Å². The van der Waals surface area contributed by atoms with Crippen molar-refractivity contribution in [2.24, 2.45) is 5.92 Å². The third-order valence-corrected chi connectivity index (χ3v) is 10.8. The maximum atomic E-state index is 12.1. The van der Waals surface area contributed by atoms with Gasteiger partial charge in [0, 0.05) is 32.2 Å². The predicted molar refractivity (Wildman–Crippen MR) is 242 cm³/mol. The van der Waals surface area contributed by atoms with Gasteiger partial charge in [0.25, 0.3) is 6.47 Å². The fraction of sp³-hybridized carbons (Fsp3) is 0.857. The SMILES string of the molecule is CC(C)(C)OC(=O)N1CCCC1COC=O.CCCCCCC(=O)OCCCC(=O)O.CCCCCCCCOC(CC(CC)COC(=O)CCCCCCCC)=C1CCC1. The van der Waals surface area contributed by atoms with E-state index in [9.17, 15) is 24.0 Å². The van der Waals surface area contributed by atoms with Crippen LogP contribution in [0.4, 0.5) is 4.79 Å². The van der Waals surface area contributed by atoms with Crippen LogP contribution >= 0.6 is 0 Å². The van der Waals surface area contributed by atoms with Gasteiger partial charge in [-0.05, 0) is 96.5 Å². The molecule has 1 aliphatic carbocycles. The Labute approximate surface area is 370 Å². The molecule has 12 heteroatoms. The van der Waals surface area contributed by atoms with Gasteiger partial charge in [0.05, 0.1) is 31.6 Å². The summed E-state index contributed by atoms with van der Waals surface area (Å²) in [5, 5.41) is 8.34. The molecule has 0 spiro atoms. The summed E-state index contributed by atoms with van der Waals surface area (Å²) in [4.78, 5) is 56.9. The van der Waals surface area contributed by atoms with Crippen LogP contribution in [0.15, 0.2) is 11.3 Å². The van der Waals surface area contributed by atoms with E-state index in [-0.39, 0.29) is 43.7 Å². The zero-order valence-electron chi connectivity index (χ0n) is 39.8. The van der Waals surface area contributed by atoms with E-state index in [1.165, 1.54) is 88.4 Å². The molecular weight excluding hydrogens is 779 g/mol. The number of allylic oxidation sites excluding steroid dienone is 2. The Bertz CT molecular complexity index is 1180. The fourth-order valence-corrected chi connectivity index (χ4v) is 6.83. The first-order valence-electron chi connectivity index (χ1n) is 24.2. The highest BCUT2D eigenvalue weighted by Gasteiger charge is 2.32. The lowest BCUT2D eigenvalue weighted by molar-refractivity contribution is -0.146. The average molecular weight is 868 g/mol. The molecule has 1 N–H and O–H groups in total. The number of amides is 1. The van der Waals surface area contributed by atoms with E-state index in [1.54, 1.807) is 4.90 Å². The third-order valence-electron chi connectivity index (χ3n) is 10.8. The van der Waals surface area contributed by atoms with E-state index in [0.29, 0.717) is 44.8 Å². The standard InChI is InChI=1S/C27H50O3.C11H19NO4.C11H20O4/c1-4-7-9-11-13-15-20-27(28)30-23-24(6-3)22-26(25-18-17-19-25)29-21-16-14-12-10-8-5-2;1-11(2,3)16-10(14)12-6-4-5-9(12)7-15-8-13;1-2-3-4-5-8-11(14)15-9-6-7-10(12)13/h24H,4-23H2,1-3H3;8-9H,4-7H2,1-3H3;2-9H2,1H3,(H,12,13). The van der Waals surface area contributed by atoms with Gasteiger partial charge in [-0.2, -0.15) is 0 Å². The average Bonchev–Trinajstić information content (AvgIpc) is 3.68. The van der Waals surface area contributed by atoms with Crippen LogP contribution < -0.4 is 0 Å². The molecule has 356 valence electrons. The number of aliphatic carboxylic acids is 1. The Morgan fingerprint density at radius 3 is 1.77 bits per heavy atom. The first-order chi connectivity index (χ1) is 29.3. The molecule has 0 aromatic heterocycles. The Balaban J connectivity index is 0.000000977. The van der Waals surface area contributed by atoms with E-state index in [0.717, 1.165) is 77.2 Å². The number of carboxylic acid groups (broad SMARTS) is 1. The number of carbonyl (C=O) groups excluding carboxylic acids is 4. The Morgan fingerprint density at radius 1 is 0.705 bits per heavy atom. The predicted octanol–water partition coefficient (Wildman–Crippen LogP) is 12.4. The Morgan fingerprint density at radius 2 is 1.25 bits per heavy atom. The number of carboxylic acids is 1. The van der Waals surface area contributed by atoms with Crippen molar-refractivity contribution in [2.75, 3.05) is 33.0 Å². The van der Waals surface area contributed by atoms with Gasteiger partial charge in [0.1, 0.15) is 12.2 Å². The number of hydrogen-bond donors (Lipinski definition) is 1. The minimum Gasteiger partial charge on any atom is -0.498 e. The van der Waals surface area contributed by atoms with Gasteiger partial charge in [-0.3, -0.25) is 19.2 Å². The lowest BCUT2D eigenvalue weighted by Crippen LogP contribution is -2.41. The van der Waals surface area contributed by atoms with Crippen molar-refractivity contribution in [2.45, 2.75) is 233 Å². The third kappa shape index (κ3) is 33.9. The van der Waals surface area contributed by atoms with Crippen LogP contribution in [0.5, 0.6) is 0 Å². The molecule has 2 aliphatic rings. The monoisotopic (exact) mass is 868 g/mol. The van der Waals surface area contributed by atoms with Gasteiger partial charge in [-0.15, -0.1) is 0 Å². The first kappa shape index (κ1) is 57.7. The van der Waals surface area contributed by atoms with Crippen molar-refractivity contribution >= 4 is 30.5 Å². The summed E-state index contributed by atoms with van der Waals surface area (Å²) in [6, 6.07) is -0.0416. The Kier molecular flexibility index (Phi) is 36.3. The molecular formula is C49H89NO11. The van der Waals surface area contributed by atoms with Crippen LogP contribution in [0.2, 0.25) is 0 Å². The van der Waals surface area contributed by atoms with Crippen molar-refractivity contribution in [3.05, 3.63) is 11.3 Å². The molecule has 2 atom stereocenters. The smallest absolute Gasteiger partial charge is 0.410 e. The topological polar surface area (TPSA) is 155 Å². The molecule has 0 radical (unpaired) electrons. The number of esters is 2.